The van der Waals surface area contributed by atoms with E-state index in [1.165, 1.54) is 0 Å². The number of aryl methyl sites for hydroxylation is 1. The largest absolute Gasteiger partial charge is 0.368 e. The molecule has 0 spiro atoms. The summed E-state index contributed by atoms with van der Waals surface area (Å²) in [6.07, 6.45) is 4.08. The standard InChI is InChI=1S/C32H34ClN7O4/c1-18(2)28(29(34)42)39-30(43)32(12-9-25-22(17-32)21-5-3-4-6-24(21)37-25)40-27(41)16-19-7-8-23(33)26(15-19)38-31(44)36-20-10-13-35-14-11-20/h3-8,10-11,13-15,18,28,37H,9,12,16-17H2,1-2H3,(H2,34,42)(H,39,43)(H,40,41)(H2,35,36,38,44)/t28-,32-/m0/s1. The van der Waals surface area contributed by atoms with Gasteiger partial charge in [-0.3, -0.25) is 19.4 Å². The molecular weight excluding hydrogens is 582 g/mol. The number of nitrogens with two attached hydrogens (primary N) is 1. The average Bonchev–Trinajstić information content (AvgIpc) is 3.35. The Kier molecular flexibility index (Phi) is 8.86. The van der Waals surface area contributed by atoms with Crippen molar-refractivity contribution in [3.05, 3.63) is 88.8 Å². The van der Waals surface area contributed by atoms with Gasteiger partial charge >= 0.3 is 6.03 Å². The third kappa shape index (κ3) is 6.68. The van der Waals surface area contributed by atoms with Crippen LogP contribution >= 0.6 is 11.6 Å². The molecule has 0 radical (unpaired) electrons. The molecule has 7 N–H and O–H groups in total. The molecule has 4 aromatic rings. The molecule has 0 aliphatic heterocycles. The van der Waals surface area contributed by atoms with Gasteiger partial charge in [0.05, 0.1) is 17.1 Å². The lowest BCUT2D eigenvalue weighted by atomic mass is 9.78. The third-order valence-corrected chi connectivity index (χ3v) is 8.17. The maximum atomic E-state index is 13.9. The highest BCUT2D eigenvalue weighted by molar-refractivity contribution is 6.33. The summed E-state index contributed by atoms with van der Waals surface area (Å²) in [5, 5.41) is 12.5. The number of aromatic nitrogens is 2. The first kappa shape index (κ1) is 30.6. The zero-order chi connectivity index (χ0) is 31.4. The molecule has 1 aliphatic carbocycles. The number of pyridine rings is 1. The van der Waals surface area contributed by atoms with E-state index in [1.54, 1.807) is 56.6 Å². The van der Waals surface area contributed by atoms with E-state index in [0.717, 1.165) is 22.2 Å². The summed E-state index contributed by atoms with van der Waals surface area (Å²) in [7, 11) is 0. The SMILES string of the molecule is CC(C)[C@H](NC(=O)[C@]1(NC(=O)Cc2ccc(Cl)c(NC(=O)Nc3ccncc3)c2)CCc2[nH]c3ccccc3c2C1)C(N)=O. The molecule has 11 nitrogen and oxygen atoms in total. The second-order valence-corrected chi connectivity index (χ2v) is 11.7. The second kappa shape index (κ2) is 12.8. The van der Waals surface area contributed by atoms with Crippen molar-refractivity contribution < 1.29 is 19.2 Å². The summed E-state index contributed by atoms with van der Waals surface area (Å²) < 4.78 is 0. The summed E-state index contributed by atoms with van der Waals surface area (Å²) in [6.45, 7) is 3.59. The first-order valence-corrected chi connectivity index (χ1v) is 14.7. The molecule has 2 heterocycles. The maximum absolute atomic E-state index is 13.9. The lowest BCUT2D eigenvalue weighted by molar-refractivity contribution is -0.136. The van der Waals surface area contributed by atoms with E-state index >= 15 is 0 Å². The predicted octanol–water partition coefficient (Wildman–Crippen LogP) is 4.07. The first-order valence-electron chi connectivity index (χ1n) is 14.3. The number of halogens is 1. The number of H-pyrrole nitrogens is 1. The number of carbonyl (C=O) groups is 4. The number of hydrogen-bond acceptors (Lipinski definition) is 5. The number of anilines is 2. The van der Waals surface area contributed by atoms with Crippen LogP contribution in [-0.4, -0.2) is 45.3 Å². The minimum Gasteiger partial charge on any atom is -0.368 e. The van der Waals surface area contributed by atoms with Crippen molar-refractivity contribution in [2.24, 2.45) is 11.7 Å². The molecule has 2 aromatic carbocycles. The summed E-state index contributed by atoms with van der Waals surface area (Å²) in [4.78, 5) is 59.6. The molecule has 0 unspecified atom stereocenters. The van der Waals surface area contributed by atoms with Gasteiger partial charge in [0.25, 0.3) is 0 Å². The van der Waals surface area contributed by atoms with Crippen LogP contribution in [0, 0.1) is 5.92 Å². The van der Waals surface area contributed by atoms with E-state index in [4.69, 9.17) is 17.3 Å². The van der Waals surface area contributed by atoms with Crippen LogP contribution in [-0.2, 0) is 33.6 Å². The van der Waals surface area contributed by atoms with Gasteiger partial charge in [0.1, 0.15) is 11.6 Å². The molecule has 0 fully saturated rings. The Bertz CT molecular complexity index is 1720. The van der Waals surface area contributed by atoms with Crippen LogP contribution in [0.4, 0.5) is 16.2 Å². The zero-order valence-electron chi connectivity index (χ0n) is 24.4. The Morgan fingerprint density at radius 2 is 1.80 bits per heavy atom. The summed E-state index contributed by atoms with van der Waals surface area (Å²) in [6, 6.07) is 14.6. The van der Waals surface area contributed by atoms with Crippen LogP contribution in [0.3, 0.4) is 0 Å². The number of primary amides is 1. The Hall–Kier alpha value is -4.90. The van der Waals surface area contributed by atoms with Gasteiger partial charge in [-0.05, 0) is 60.2 Å². The Morgan fingerprint density at radius 1 is 1.05 bits per heavy atom. The number of rotatable bonds is 9. The molecule has 44 heavy (non-hydrogen) atoms. The third-order valence-electron chi connectivity index (χ3n) is 7.84. The van der Waals surface area contributed by atoms with Gasteiger partial charge in [-0.25, -0.2) is 4.79 Å². The van der Waals surface area contributed by atoms with Crippen molar-refractivity contribution in [3.63, 3.8) is 0 Å². The van der Waals surface area contributed by atoms with Gasteiger partial charge in [-0.15, -0.1) is 0 Å². The number of carbonyl (C=O) groups excluding carboxylic acids is 4. The average molecular weight is 616 g/mol. The normalized spacial score (nSPS) is 16.5. The number of hydrogen-bond donors (Lipinski definition) is 6. The number of benzene rings is 2. The molecule has 1 aliphatic rings. The van der Waals surface area contributed by atoms with Crippen molar-refractivity contribution >= 4 is 57.6 Å². The van der Waals surface area contributed by atoms with Crippen molar-refractivity contribution in [2.75, 3.05) is 10.6 Å². The van der Waals surface area contributed by atoms with Gasteiger partial charge in [-0.2, -0.15) is 0 Å². The molecule has 2 aromatic heterocycles. The quantitative estimate of drug-likeness (QED) is 0.166. The predicted molar refractivity (Wildman–Crippen MR) is 169 cm³/mol. The summed E-state index contributed by atoms with van der Waals surface area (Å²) in [5.41, 5.74) is 8.63. The molecular formula is C32H34ClN7O4. The number of urea groups is 1. The molecule has 228 valence electrons. The number of para-hydroxylation sites is 1. The number of amides is 5. The Balaban J connectivity index is 1.37. The van der Waals surface area contributed by atoms with Crippen LogP contribution in [0.25, 0.3) is 10.9 Å². The number of aromatic amines is 1. The van der Waals surface area contributed by atoms with E-state index < -0.39 is 35.3 Å². The molecule has 0 saturated heterocycles. The Labute approximate surface area is 259 Å². The first-order chi connectivity index (χ1) is 21.0. The van der Waals surface area contributed by atoms with E-state index in [0.29, 0.717) is 34.8 Å². The number of nitrogens with zero attached hydrogens (tertiary/aromatic N) is 1. The number of fused-ring (bicyclic) bond motifs is 3. The molecule has 5 rings (SSSR count). The van der Waals surface area contributed by atoms with Gasteiger partial charge < -0.3 is 32.0 Å². The fourth-order valence-corrected chi connectivity index (χ4v) is 5.76. The van der Waals surface area contributed by atoms with E-state index in [1.807, 2.05) is 24.3 Å². The van der Waals surface area contributed by atoms with Crippen molar-refractivity contribution in [1.29, 1.82) is 0 Å². The lowest BCUT2D eigenvalue weighted by Gasteiger charge is -2.38. The van der Waals surface area contributed by atoms with Gasteiger partial charge in [0, 0.05) is 41.1 Å². The fourth-order valence-electron chi connectivity index (χ4n) is 5.60. The van der Waals surface area contributed by atoms with Crippen molar-refractivity contribution in [2.45, 2.75) is 51.1 Å². The van der Waals surface area contributed by atoms with Crippen LogP contribution < -0.4 is 27.0 Å². The fraction of sp³-hybridized carbons (Fsp3) is 0.281. The van der Waals surface area contributed by atoms with Crippen LogP contribution in [0.1, 0.15) is 37.1 Å². The van der Waals surface area contributed by atoms with Crippen LogP contribution in [0.2, 0.25) is 5.02 Å². The monoisotopic (exact) mass is 615 g/mol. The smallest absolute Gasteiger partial charge is 0.323 e. The Morgan fingerprint density at radius 3 is 2.52 bits per heavy atom. The topological polar surface area (TPSA) is 171 Å². The maximum Gasteiger partial charge on any atom is 0.323 e. The highest BCUT2D eigenvalue weighted by atomic mass is 35.5. The van der Waals surface area contributed by atoms with E-state index in [2.05, 4.69) is 31.2 Å². The molecule has 12 heteroatoms. The molecule has 2 atom stereocenters. The van der Waals surface area contributed by atoms with Gasteiger partial charge in [0.2, 0.25) is 17.7 Å². The van der Waals surface area contributed by atoms with Crippen LogP contribution in [0.5, 0.6) is 0 Å². The molecule has 0 saturated carbocycles. The second-order valence-electron chi connectivity index (χ2n) is 11.3. The zero-order valence-corrected chi connectivity index (χ0v) is 25.1. The highest BCUT2D eigenvalue weighted by Gasteiger charge is 2.45. The van der Waals surface area contributed by atoms with E-state index in [-0.39, 0.29) is 18.8 Å². The molecule has 0 bridgehead atoms. The lowest BCUT2D eigenvalue weighted by Crippen LogP contribution is -2.64. The number of nitrogens with one attached hydrogen (secondary N) is 5. The minimum atomic E-state index is -1.32. The van der Waals surface area contributed by atoms with Gasteiger partial charge in [0.15, 0.2) is 0 Å². The van der Waals surface area contributed by atoms with Gasteiger partial charge in [-0.1, -0.05) is 49.7 Å². The minimum absolute atomic E-state index is 0.0863. The summed E-state index contributed by atoms with van der Waals surface area (Å²) >= 11 is 6.34. The van der Waals surface area contributed by atoms with Crippen molar-refractivity contribution in [3.8, 4) is 0 Å². The van der Waals surface area contributed by atoms with Crippen molar-refractivity contribution in [1.82, 2.24) is 20.6 Å². The highest BCUT2D eigenvalue weighted by Crippen LogP contribution is 2.35. The summed E-state index contributed by atoms with van der Waals surface area (Å²) in [5.74, 6) is -1.76. The van der Waals surface area contributed by atoms with E-state index in [9.17, 15) is 19.2 Å². The molecule has 5 amide bonds. The van der Waals surface area contributed by atoms with Crippen LogP contribution in [0.15, 0.2) is 67.0 Å².